The quantitative estimate of drug-likeness (QED) is 0.0217. The van der Waals surface area contributed by atoms with Crippen LogP contribution in [0.25, 0.3) is 130 Å². The second-order valence-corrected chi connectivity index (χ2v) is 63.2. The molecule has 12 heterocycles. The van der Waals surface area contributed by atoms with Crippen molar-refractivity contribution < 1.29 is 19.1 Å². The third-order valence-corrected chi connectivity index (χ3v) is 51.7. The normalized spacial score (nSPS) is 13.4. The van der Waals surface area contributed by atoms with E-state index in [0.29, 0.717) is 36.9 Å². The second kappa shape index (κ2) is 64.6. The zero-order valence-electron chi connectivity index (χ0n) is 93.9. The van der Waals surface area contributed by atoms with Crippen molar-refractivity contribution in [3.63, 3.8) is 0 Å². The Kier molecular flexibility index (Phi) is 52.3. The SMILES string of the molecule is CCCCCCCCC(CCCCCC)Cc1ccc(-c2c3cc(-c4sc(-c5cc6c(-c7ccc(CC(CCCCCC)CCCCCCCC)[se]7)c7sc(-c8sc(C)c9cc(C(=O)OCC(CC)CCCC)sc89)cc7c(-c7ccc(CC(CCCCCC)CCCCCCCC)[se]7)c6s5)c5sc(C(=O)OCC(CC)CCCC)cc45)sc3c(-c3ccc(CC(CCCCCC)CCCCCCCC)[se]3)c3cc(C)sc23)[se]1. The van der Waals surface area contributed by atoms with Crippen molar-refractivity contribution in [3.8, 4) is 69.3 Å². The van der Waals surface area contributed by atoms with Crippen molar-refractivity contribution >= 4 is 221 Å². The average molecular weight is 2410 g/mol. The van der Waals surface area contributed by atoms with Gasteiger partial charge < -0.3 is 0 Å². The molecule has 4 nitrogen and oxygen atoms in total. The van der Waals surface area contributed by atoms with Crippen LogP contribution in [0.2, 0.25) is 0 Å². The molecule has 6 unspecified atom stereocenters. The van der Waals surface area contributed by atoms with E-state index in [1.54, 1.807) is 49.3 Å². The number of fused-ring (bicyclic) bond motifs is 6. The molecule has 0 bridgehead atoms. The molecule has 12 aromatic heterocycles. The van der Waals surface area contributed by atoms with Gasteiger partial charge in [-0.15, -0.1) is 0 Å². The van der Waals surface area contributed by atoms with Crippen LogP contribution >= 0.6 is 90.7 Å². The molecule has 0 aliphatic heterocycles. The third kappa shape index (κ3) is 33.8. The minimum atomic E-state index is -0.172. The van der Waals surface area contributed by atoms with Crippen LogP contribution in [0.15, 0.2) is 84.9 Å². The van der Waals surface area contributed by atoms with Gasteiger partial charge in [0, 0.05) is 0 Å². The van der Waals surface area contributed by atoms with Crippen LogP contribution in [0.4, 0.5) is 0 Å². The zero-order chi connectivity index (χ0) is 104. The number of hydrogen-bond donors (Lipinski definition) is 0. The van der Waals surface area contributed by atoms with Crippen LogP contribution in [0.3, 0.4) is 0 Å². The van der Waals surface area contributed by atoms with E-state index in [9.17, 15) is 4.79 Å². The molecule has 2 aromatic carbocycles. The van der Waals surface area contributed by atoms with Crippen LogP contribution in [-0.2, 0) is 35.2 Å². The number of aryl methyl sites for hydroxylation is 2. The Morgan fingerprint density at radius 3 is 0.811 bits per heavy atom. The first-order valence-electron chi connectivity index (χ1n) is 60.4. The van der Waals surface area contributed by atoms with E-state index < -0.39 is 0 Å². The van der Waals surface area contributed by atoms with Gasteiger partial charge in [0.15, 0.2) is 0 Å². The van der Waals surface area contributed by atoms with Crippen molar-refractivity contribution in [2.45, 2.75) is 482 Å². The summed E-state index contributed by atoms with van der Waals surface area (Å²) in [6, 6.07) is 36.2. The molecule has 0 amide bonds. The molecule has 14 aromatic rings. The predicted octanol–water partition coefficient (Wildman–Crippen LogP) is 45.9. The summed E-state index contributed by atoms with van der Waals surface area (Å²) >= 11 is 16.3. The van der Waals surface area contributed by atoms with Crippen molar-refractivity contribution in [2.24, 2.45) is 35.5 Å². The first-order valence-corrected chi connectivity index (χ1v) is 73.8. The molecular weight excluding hydrogens is 2220 g/mol. The van der Waals surface area contributed by atoms with E-state index in [4.69, 9.17) is 9.47 Å². The molecular formula is C132H186O4S8Se4. The van der Waals surface area contributed by atoms with Crippen molar-refractivity contribution in [1.29, 1.82) is 0 Å². The number of rotatable bonds is 77. The number of unbranched alkanes of at least 4 members (excludes halogenated alkanes) is 34. The van der Waals surface area contributed by atoms with Gasteiger partial charge in [-0.25, -0.2) is 0 Å². The van der Waals surface area contributed by atoms with Crippen LogP contribution in [0.5, 0.6) is 0 Å². The molecule has 0 N–H and O–H groups in total. The molecule has 0 saturated heterocycles. The molecule has 6 atom stereocenters. The number of ether oxygens (including phenoxy) is 2. The second-order valence-electron chi connectivity index (χ2n) is 44.6. The Morgan fingerprint density at radius 1 is 0.243 bits per heavy atom. The molecule has 0 aliphatic carbocycles. The van der Waals surface area contributed by atoms with E-state index in [0.717, 1.165) is 73.0 Å². The molecule has 16 heteroatoms. The summed E-state index contributed by atoms with van der Waals surface area (Å²) in [6.07, 6.45) is 78.1. The van der Waals surface area contributed by atoms with E-state index in [-0.39, 0.29) is 70.0 Å². The molecule has 810 valence electrons. The average Bonchev–Trinajstić information content (AvgIpc) is 1.55. The van der Waals surface area contributed by atoms with Gasteiger partial charge in [0.1, 0.15) is 0 Å². The molecule has 0 spiro atoms. The van der Waals surface area contributed by atoms with E-state index >= 15 is 4.79 Å². The van der Waals surface area contributed by atoms with Gasteiger partial charge in [-0.2, -0.15) is 0 Å². The van der Waals surface area contributed by atoms with Gasteiger partial charge in [-0.3, -0.25) is 0 Å². The number of carbonyl (C=O) groups is 2. The van der Waals surface area contributed by atoms with Crippen LogP contribution in [-0.4, -0.2) is 83.2 Å². The minimum absolute atomic E-state index is 0.118. The number of carbonyl (C=O) groups excluding carboxylic acids is 2. The fraction of sp³-hybridized carbons (Fsp3) is 0.621. The summed E-state index contributed by atoms with van der Waals surface area (Å²) in [6.45, 7) is 33.6. The predicted molar refractivity (Wildman–Crippen MR) is 673 cm³/mol. The Balaban J connectivity index is 0.988. The first-order chi connectivity index (χ1) is 72.6. The van der Waals surface area contributed by atoms with Crippen molar-refractivity contribution in [2.75, 3.05) is 13.2 Å². The summed E-state index contributed by atoms with van der Waals surface area (Å²) in [5.41, 5.74) is 5.91. The van der Waals surface area contributed by atoms with Crippen LogP contribution in [0.1, 0.15) is 489 Å². The van der Waals surface area contributed by atoms with Crippen molar-refractivity contribution in [1.82, 2.24) is 0 Å². The third-order valence-electron chi connectivity index (χ3n) is 32.4. The summed E-state index contributed by atoms with van der Waals surface area (Å²) in [7, 11) is 0. The molecule has 148 heavy (non-hydrogen) atoms. The maximum atomic E-state index is 15.5. The first kappa shape index (κ1) is 120. The zero-order valence-corrected chi connectivity index (χ0v) is 107. The van der Waals surface area contributed by atoms with E-state index in [1.165, 1.54) is 465 Å². The monoisotopic (exact) mass is 2410 g/mol. The van der Waals surface area contributed by atoms with Crippen molar-refractivity contribution in [3.05, 3.63) is 122 Å². The number of esters is 2. The van der Waals surface area contributed by atoms with Gasteiger partial charge in [0.2, 0.25) is 0 Å². The Labute approximate surface area is 952 Å². The van der Waals surface area contributed by atoms with E-state index in [1.807, 2.05) is 34.0 Å². The maximum absolute atomic E-state index is 15.5. The van der Waals surface area contributed by atoms with Gasteiger partial charge in [-0.1, -0.05) is 66.2 Å². The summed E-state index contributed by atoms with van der Waals surface area (Å²) in [4.78, 5) is 42.0. The van der Waals surface area contributed by atoms with Crippen LogP contribution in [0, 0.1) is 49.4 Å². The summed E-state index contributed by atoms with van der Waals surface area (Å²) < 4.78 is 34.1. The fourth-order valence-corrected chi connectivity index (χ4v) is 44.1. The fourth-order valence-electron chi connectivity index (χ4n) is 23.3. The molecule has 0 saturated carbocycles. The molecule has 14 rings (SSSR count). The van der Waals surface area contributed by atoms with Gasteiger partial charge >= 0.3 is 872 Å². The van der Waals surface area contributed by atoms with Crippen LogP contribution < -0.4 is 0 Å². The standard InChI is InChI=1S/C132H186O4S8Se4/c1-15-27-37-45-49-57-67-95(63-53-41-31-19-5)80-99-71-75-114(145-99)118-104-79-91(13)137-123(104)119(115-76-72-100(146-115)81-96(64-54-42-32-20-6)68-58-50-46-38-28-16-2)105-85-109(139-124(105)118)122-108-88-113(132(134)136-90-94(26-12)62-36-24-10)143-128(108)130(144-122)111-87-107-121(117-78-74-102(148-117)83-98(66-56-44-34-22-8)70-60-52-48-40-30-18-4)125-106(86-110(140-125)129-127-103(92(14)138-129)84-112(142-127)131(133)135-89-93(25-11)61-35-23-9)120(126(107)141-111)116-77-73-101(147-116)82-97(65-55-43-33-21-7)69-59-51-47-39-29-17-3/h71-79,84-88,93-98H,15-70,80-83,89-90H2,1-14H3. The number of hydrogen-bond acceptors (Lipinski definition) is 12. The molecule has 0 aliphatic rings. The number of thiophene rings is 8. The Hall–Kier alpha value is -3.46. The molecule has 0 radical (unpaired) electrons. The summed E-state index contributed by atoms with van der Waals surface area (Å²) in [5.74, 6) is 3.25. The topological polar surface area (TPSA) is 52.6 Å². The van der Waals surface area contributed by atoms with E-state index in [2.05, 4.69) is 216 Å². The Morgan fingerprint density at radius 2 is 0.500 bits per heavy atom. The van der Waals surface area contributed by atoms with Gasteiger partial charge in [0.05, 0.1) is 0 Å². The molecule has 0 fully saturated rings. The summed E-state index contributed by atoms with van der Waals surface area (Å²) in [5, 5.41) is 8.12. The van der Waals surface area contributed by atoms with Gasteiger partial charge in [0.25, 0.3) is 0 Å². The number of benzene rings is 2. The van der Waals surface area contributed by atoms with Gasteiger partial charge in [-0.05, 0) is 24.7 Å². The Bertz CT molecular complexity index is 6000.